The number of aliphatic imine (C=N–C) groups is 1. The summed E-state index contributed by atoms with van der Waals surface area (Å²) < 4.78 is 11.2. The van der Waals surface area contributed by atoms with Crippen molar-refractivity contribution in [3.05, 3.63) is 23.7 Å². The number of carbonyl (C=O) groups is 1. The normalized spacial score (nSPS) is 16.0. The molecular weight excluding hydrogens is 368 g/mol. The maximum absolute atomic E-state index is 12.0. The summed E-state index contributed by atoms with van der Waals surface area (Å²) in [6, 6.07) is 1.79. The minimum atomic E-state index is -0.171. The van der Waals surface area contributed by atoms with E-state index in [0.717, 1.165) is 44.1 Å². The lowest BCUT2D eigenvalue weighted by Crippen LogP contribution is -2.39. The van der Waals surface area contributed by atoms with Crippen LogP contribution in [0.4, 0.5) is 0 Å². The number of hydrogen-bond acceptors (Lipinski definition) is 4. The summed E-state index contributed by atoms with van der Waals surface area (Å²) in [6.07, 6.45) is 8.91. The minimum absolute atomic E-state index is 0.171. The van der Waals surface area contributed by atoms with E-state index in [2.05, 4.69) is 34.8 Å². The highest BCUT2D eigenvalue weighted by Gasteiger charge is 2.25. The van der Waals surface area contributed by atoms with Crippen molar-refractivity contribution in [2.75, 3.05) is 32.8 Å². The van der Waals surface area contributed by atoms with Crippen LogP contribution in [0.1, 0.15) is 68.5 Å². The zero-order chi connectivity index (χ0) is 20.9. The number of carbonyl (C=O) groups excluding carboxylic acids is 1. The van der Waals surface area contributed by atoms with Crippen molar-refractivity contribution in [2.24, 2.45) is 10.9 Å². The number of nitrogens with one attached hydrogen (secondary N) is 3. The molecular formula is C22H38N4O3. The Bertz CT molecular complexity index is 623. The van der Waals surface area contributed by atoms with Crippen LogP contribution in [0, 0.1) is 12.8 Å². The molecule has 3 N–H and O–H groups in total. The van der Waals surface area contributed by atoms with Crippen LogP contribution in [0.3, 0.4) is 0 Å². The van der Waals surface area contributed by atoms with E-state index in [1.807, 2.05) is 6.92 Å². The predicted molar refractivity (Wildman–Crippen MR) is 116 cm³/mol. The minimum Gasteiger partial charge on any atom is -0.459 e. The molecule has 0 radical (unpaired) electrons. The molecule has 29 heavy (non-hydrogen) atoms. The number of aryl methyl sites for hydroxylation is 1. The summed E-state index contributed by atoms with van der Waals surface area (Å²) in [5.41, 5.74) is 0.849. The number of nitrogens with zero attached hydrogens (tertiary/aromatic N) is 1. The third-order valence-electron chi connectivity index (χ3n) is 5.33. The molecule has 2 rings (SSSR count). The Hall–Kier alpha value is -2.02. The molecule has 164 valence electrons. The summed E-state index contributed by atoms with van der Waals surface area (Å²) in [4.78, 5) is 16.6. The Morgan fingerprint density at radius 1 is 1.24 bits per heavy atom. The Morgan fingerprint density at radius 3 is 2.69 bits per heavy atom. The fourth-order valence-electron chi connectivity index (χ4n) is 3.83. The summed E-state index contributed by atoms with van der Waals surface area (Å²) in [6.45, 7) is 9.65. The third kappa shape index (κ3) is 8.09. The van der Waals surface area contributed by atoms with Gasteiger partial charge in [-0.25, -0.2) is 0 Å². The SMILES string of the molecule is CCNC(=NCCCNC(=O)c1occc1C)NCCC(OCC)C1CCCC1. The van der Waals surface area contributed by atoms with Crippen molar-refractivity contribution in [1.29, 1.82) is 0 Å². The van der Waals surface area contributed by atoms with Crippen molar-refractivity contribution in [3.8, 4) is 0 Å². The number of ether oxygens (including phenoxy) is 1. The maximum Gasteiger partial charge on any atom is 0.287 e. The average molecular weight is 407 g/mol. The Labute approximate surface area is 175 Å². The van der Waals surface area contributed by atoms with Gasteiger partial charge in [-0.2, -0.15) is 0 Å². The lowest BCUT2D eigenvalue weighted by molar-refractivity contribution is 0.0169. The van der Waals surface area contributed by atoms with E-state index in [9.17, 15) is 4.79 Å². The number of hydrogen-bond donors (Lipinski definition) is 3. The molecule has 0 saturated heterocycles. The van der Waals surface area contributed by atoms with Crippen LogP contribution < -0.4 is 16.0 Å². The van der Waals surface area contributed by atoms with Crippen LogP contribution in [0.25, 0.3) is 0 Å². The second-order valence-corrected chi connectivity index (χ2v) is 7.56. The zero-order valence-electron chi connectivity index (χ0n) is 18.3. The number of furan rings is 1. The molecule has 1 unspecified atom stereocenters. The van der Waals surface area contributed by atoms with E-state index < -0.39 is 0 Å². The van der Waals surface area contributed by atoms with Crippen LogP contribution in [0.2, 0.25) is 0 Å². The third-order valence-corrected chi connectivity index (χ3v) is 5.33. The predicted octanol–water partition coefficient (Wildman–Crippen LogP) is 3.25. The number of rotatable bonds is 12. The first kappa shape index (κ1) is 23.3. The Morgan fingerprint density at radius 2 is 2.03 bits per heavy atom. The van der Waals surface area contributed by atoms with Gasteiger partial charge in [-0.3, -0.25) is 9.79 Å². The molecule has 1 aromatic heterocycles. The summed E-state index contributed by atoms with van der Waals surface area (Å²) in [7, 11) is 0. The molecule has 1 aromatic rings. The smallest absolute Gasteiger partial charge is 0.287 e. The molecule has 0 aliphatic heterocycles. The molecule has 1 fully saturated rings. The standard InChI is InChI=1S/C22H38N4O3/c1-4-23-22(26-15-11-19(28-5-2)18-9-6-7-10-18)25-14-8-13-24-21(27)20-17(3)12-16-29-20/h12,16,18-19H,4-11,13-15H2,1-3H3,(H,24,27)(H2,23,25,26). The van der Waals surface area contributed by atoms with Gasteiger partial charge in [-0.15, -0.1) is 0 Å². The second-order valence-electron chi connectivity index (χ2n) is 7.56. The van der Waals surface area contributed by atoms with Gasteiger partial charge in [0.05, 0.1) is 12.4 Å². The highest BCUT2D eigenvalue weighted by Crippen LogP contribution is 2.30. The van der Waals surface area contributed by atoms with Crippen LogP contribution in [-0.4, -0.2) is 50.8 Å². The zero-order valence-corrected chi connectivity index (χ0v) is 18.3. The molecule has 0 bridgehead atoms. The monoisotopic (exact) mass is 406 g/mol. The van der Waals surface area contributed by atoms with Crippen LogP contribution in [0.15, 0.2) is 21.7 Å². The van der Waals surface area contributed by atoms with Crippen molar-refractivity contribution in [2.45, 2.75) is 65.4 Å². The molecule has 1 saturated carbocycles. The Balaban J connectivity index is 1.68. The van der Waals surface area contributed by atoms with E-state index in [0.29, 0.717) is 30.9 Å². The highest BCUT2D eigenvalue weighted by atomic mass is 16.5. The molecule has 7 nitrogen and oxygen atoms in total. The van der Waals surface area contributed by atoms with Gasteiger partial charge >= 0.3 is 0 Å². The van der Waals surface area contributed by atoms with Crippen molar-refractivity contribution in [3.63, 3.8) is 0 Å². The van der Waals surface area contributed by atoms with Gasteiger partial charge in [-0.1, -0.05) is 12.8 Å². The van der Waals surface area contributed by atoms with Gasteiger partial charge in [0.25, 0.3) is 5.91 Å². The number of amides is 1. The van der Waals surface area contributed by atoms with Gasteiger partial charge in [0.15, 0.2) is 11.7 Å². The van der Waals surface area contributed by atoms with Gasteiger partial charge in [0, 0.05) is 38.3 Å². The van der Waals surface area contributed by atoms with Crippen molar-refractivity contribution in [1.82, 2.24) is 16.0 Å². The van der Waals surface area contributed by atoms with Crippen molar-refractivity contribution < 1.29 is 13.9 Å². The fourth-order valence-corrected chi connectivity index (χ4v) is 3.83. The molecule has 0 aromatic carbocycles. The summed E-state index contributed by atoms with van der Waals surface area (Å²) in [5, 5.41) is 9.58. The van der Waals surface area contributed by atoms with Crippen LogP contribution in [0.5, 0.6) is 0 Å². The fraction of sp³-hybridized carbons (Fsp3) is 0.727. The maximum atomic E-state index is 12.0. The van der Waals surface area contributed by atoms with Gasteiger partial charge in [0.2, 0.25) is 0 Å². The average Bonchev–Trinajstić information content (AvgIpc) is 3.38. The van der Waals surface area contributed by atoms with E-state index >= 15 is 0 Å². The largest absolute Gasteiger partial charge is 0.459 e. The lowest BCUT2D eigenvalue weighted by Gasteiger charge is -2.24. The first-order valence-electron chi connectivity index (χ1n) is 11.1. The van der Waals surface area contributed by atoms with E-state index in [-0.39, 0.29) is 5.91 Å². The van der Waals surface area contributed by atoms with Gasteiger partial charge in [0.1, 0.15) is 0 Å². The van der Waals surface area contributed by atoms with Gasteiger partial charge < -0.3 is 25.1 Å². The van der Waals surface area contributed by atoms with E-state index in [1.165, 1.54) is 31.9 Å². The first-order valence-corrected chi connectivity index (χ1v) is 11.1. The van der Waals surface area contributed by atoms with E-state index in [1.54, 1.807) is 6.07 Å². The second kappa shape index (κ2) is 13.2. The molecule has 1 heterocycles. The first-order chi connectivity index (χ1) is 14.2. The molecule has 1 atom stereocenters. The molecule has 1 aliphatic carbocycles. The molecule has 0 spiro atoms. The Kier molecular flexibility index (Phi) is 10.6. The number of guanidine groups is 1. The highest BCUT2D eigenvalue weighted by molar-refractivity contribution is 5.92. The van der Waals surface area contributed by atoms with Gasteiger partial charge in [-0.05, 0) is 58.4 Å². The van der Waals surface area contributed by atoms with Crippen LogP contribution >= 0.6 is 0 Å². The summed E-state index contributed by atoms with van der Waals surface area (Å²) >= 11 is 0. The van der Waals surface area contributed by atoms with Crippen molar-refractivity contribution >= 4 is 11.9 Å². The molecule has 1 amide bonds. The van der Waals surface area contributed by atoms with E-state index in [4.69, 9.17) is 9.15 Å². The quantitative estimate of drug-likeness (QED) is 0.282. The molecule has 1 aliphatic rings. The lowest BCUT2D eigenvalue weighted by atomic mass is 9.98. The van der Waals surface area contributed by atoms with Crippen LogP contribution in [-0.2, 0) is 4.74 Å². The molecule has 7 heteroatoms. The summed E-state index contributed by atoms with van der Waals surface area (Å²) in [5.74, 6) is 1.74. The topological polar surface area (TPSA) is 87.9 Å².